The third kappa shape index (κ3) is 7.03. The third-order valence-corrected chi connectivity index (χ3v) is 2.61. The van der Waals surface area contributed by atoms with Gasteiger partial charge in [0.15, 0.2) is 0 Å². The Morgan fingerprint density at radius 1 is 1.26 bits per heavy atom. The Morgan fingerprint density at radius 3 is 2.42 bits per heavy atom. The number of ether oxygens (including phenoxy) is 1. The van der Waals surface area contributed by atoms with Crippen molar-refractivity contribution in [2.45, 2.75) is 38.7 Å². The molecule has 2 N–H and O–H groups in total. The van der Waals surface area contributed by atoms with E-state index in [1.807, 2.05) is 6.92 Å². The number of hydrogen-bond donors (Lipinski definition) is 2. The molecule has 0 spiro atoms. The zero-order valence-corrected chi connectivity index (χ0v) is 10.7. The Balaban J connectivity index is 2.40. The summed E-state index contributed by atoms with van der Waals surface area (Å²) in [6.07, 6.45) is -3.07. The molecule has 3 nitrogen and oxygen atoms in total. The first kappa shape index (κ1) is 15.8. The van der Waals surface area contributed by atoms with Crippen LogP contribution in [-0.4, -0.2) is 24.1 Å². The molecule has 6 heteroatoms. The molecule has 0 heterocycles. The monoisotopic (exact) mass is 277 g/mol. The normalized spacial score (nSPS) is 13.3. The van der Waals surface area contributed by atoms with E-state index >= 15 is 0 Å². The van der Waals surface area contributed by atoms with Gasteiger partial charge in [0.25, 0.3) is 0 Å². The van der Waals surface area contributed by atoms with Gasteiger partial charge in [-0.25, -0.2) is 0 Å². The highest BCUT2D eigenvalue weighted by Crippen LogP contribution is 2.22. The predicted octanol–water partition coefficient (Wildman–Crippen LogP) is 2.84. The molecule has 0 amide bonds. The summed E-state index contributed by atoms with van der Waals surface area (Å²) in [5, 5.41) is 11.9. The molecule has 0 saturated carbocycles. The lowest BCUT2D eigenvalue weighted by molar-refractivity contribution is -0.274. The third-order valence-electron chi connectivity index (χ3n) is 2.61. The number of alkyl halides is 3. The molecule has 0 fully saturated rings. The van der Waals surface area contributed by atoms with Crippen molar-refractivity contribution in [2.24, 2.45) is 0 Å². The van der Waals surface area contributed by atoms with E-state index in [-0.39, 0.29) is 18.4 Å². The van der Waals surface area contributed by atoms with Crippen LogP contribution in [0.3, 0.4) is 0 Å². The van der Waals surface area contributed by atoms with Crippen LogP contribution in [0.2, 0.25) is 0 Å². The van der Waals surface area contributed by atoms with Crippen LogP contribution in [0.5, 0.6) is 5.75 Å². The van der Waals surface area contributed by atoms with Gasteiger partial charge in [0, 0.05) is 19.2 Å². The highest BCUT2D eigenvalue weighted by Gasteiger charge is 2.30. The number of rotatable bonds is 7. The second kappa shape index (κ2) is 7.35. The van der Waals surface area contributed by atoms with Gasteiger partial charge in [-0.15, -0.1) is 13.2 Å². The summed E-state index contributed by atoms with van der Waals surface area (Å²) in [4.78, 5) is 0. The molecule has 0 saturated heterocycles. The van der Waals surface area contributed by atoms with Crippen LogP contribution in [0.25, 0.3) is 0 Å². The largest absolute Gasteiger partial charge is 0.573 e. The summed E-state index contributed by atoms with van der Waals surface area (Å²) >= 11 is 0. The lowest BCUT2D eigenvalue weighted by Gasteiger charge is -2.13. The van der Waals surface area contributed by atoms with Crippen molar-refractivity contribution in [3.63, 3.8) is 0 Å². The van der Waals surface area contributed by atoms with E-state index in [2.05, 4.69) is 10.1 Å². The van der Waals surface area contributed by atoms with Gasteiger partial charge in [-0.2, -0.15) is 0 Å². The van der Waals surface area contributed by atoms with E-state index < -0.39 is 6.36 Å². The van der Waals surface area contributed by atoms with Crippen molar-refractivity contribution < 1.29 is 23.0 Å². The first-order chi connectivity index (χ1) is 8.90. The Bertz CT molecular complexity index is 365. The van der Waals surface area contributed by atoms with Crippen LogP contribution >= 0.6 is 0 Å². The topological polar surface area (TPSA) is 41.5 Å². The fraction of sp³-hybridized carbons (Fsp3) is 0.538. The lowest BCUT2D eigenvalue weighted by Crippen LogP contribution is -2.25. The van der Waals surface area contributed by atoms with Crippen molar-refractivity contribution in [1.29, 1.82) is 0 Å². The van der Waals surface area contributed by atoms with Gasteiger partial charge >= 0.3 is 6.36 Å². The minimum Gasteiger partial charge on any atom is -0.406 e. The van der Waals surface area contributed by atoms with Crippen LogP contribution in [0, 0.1) is 0 Å². The molecule has 19 heavy (non-hydrogen) atoms. The minimum absolute atomic E-state index is 0.162. The van der Waals surface area contributed by atoms with E-state index in [1.165, 1.54) is 12.1 Å². The van der Waals surface area contributed by atoms with Crippen molar-refractivity contribution in [2.75, 3.05) is 6.61 Å². The van der Waals surface area contributed by atoms with E-state index in [0.29, 0.717) is 6.54 Å². The van der Waals surface area contributed by atoms with Gasteiger partial charge < -0.3 is 15.2 Å². The molecule has 0 aliphatic carbocycles. The van der Waals surface area contributed by atoms with Crippen LogP contribution in [0.4, 0.5) is 13.2 Å². The molecule has 1 aromatic rings. The maximum absolute atomic E-state index is 12.0. The molecule has 0 aliphatic rings. The molecule has 1 aromatic carbocycles. The molecule has 0 aliphatic heterocycles. The molecule has 1 unspecified atom stereocenters. The molecular weight excluding hydrogens is 259 g/mol. The highest BCUT2D eigenvalue weighted by molar-refractivity contribution is 5.27. The molecule has 108 valence electrons. The number of aliphatic hydroxyl groups is 1. The Hall–Kier alpha value is -1.27. The maximum Gasteiger partial charge on any atom is 0.573 e. The smallest absolute Gasteiger partial charge is 0.406 e. The lowest BCUT2D eigenvalue weighted by atomic mass is 10.1. The molecule has 0 bridgehead atoms. The zero-order chi connectivity index (χ0) is 14.3. The minimum atomic E-state index is -4.65. The number of nitrogens with one attached hydrogen (secondary N) is 1. The van der Waals surface area contributed by atoms with Gasteiger partial charge in [-0.3, -0.25) is 0 Å². The first-order valence-corrected chi connectivity index (χ1v) is 6.09. The van der Waals surface area contributed by atoms with Gasteiger partial charge in [-0.05, 0) is 37.5 Å². The van der Waals surface area contributed by atoms with Gasteiger partial charge in [0.05, 0.1) is 0 Å². The van der Waals surface area contributed by atoms with Crippen molar-refractivity contribution in [1.82, 2.24) is 5.32 Å². The number of hydrogen-bond acceptors (Lipinski definition) is 3. The summed E-state index contributed by atoms with van der Waals surface area (Å²) in [5.74, 6) is -0.218. The fourth-order valence-corrected chi connectivity index (χ4v) is 1.60. The molecule has 1 rings (SSSR count). The average Bonchev–Trinajstić information content (AvgIpc) is 2.33. The summed E-state index contributed by atoms with van der Waals surface area (Å²) in [7, 11) is 0. The average molecular weight is 277 g/mol. The second-order valence-corrected chi connectivity index (χ2v) is 4.34. The molecule has 0 radical (unpaired) electrons. The van der Waals surface area contributed by atoms with E-state index in [1.54, 1.807) is 12.1 Å². The SMILES string of the molecule is CC(CCCO)NCc1ccc(OC(F)(F)F)cc1. The highest BCUT2D eigenvalue weighted by atomic mass is 19.4. The molecular formula is C13H18F3NO2. The molecule has 1 atom stereocenters. The van der Waals surface area contributed by atoms with Crippen LogP contribution in [0.15, 0.2) is 24.3 Å². The summed E-state index contributed by atoms with van der Waals surface area (Å²) in [6, 6.07) is 6.02. The second-order valence-electron chi connectivity index (χ2n) is 4.34. The zero-order valence-electron chi connectivity index (χ0n) is 10.7. The Kier molecular flexibility index (Phi) is 6.11. The van der Waals surface area contributed by atoms with Gasteiger partial charge in [0.2, 0.25) is 0 Å². The Morgan fingerprint density at radius 2 is 1.89 bits per heavy atom. The maximum atomic E-state index is 12.0. The fourth-order valence-electron chi connectivity index (χ4n) is 1.60. The van der Waals surface area contributed by atoms with Crippen LogP contribution in [-0.2, 0) is 6.54 Å². The predicted molar refractivity (Wildman–Crippen MR) is 65.7 cm³/mol. The number of aliphatic hydroxyl groups excluding tert-OH is 1. The van der Waals surface area contributed by atoms with Gasteiger partial charge in [-0.1, -0.05) is 12.1 Å². The van der Waals surface area contributed by atoms with Crippen molar-refractivity contribution in [3.8, 4) is 5.75 Å². The summed E-state index contributed by atoms with van der Waals surface area (Å²) in [6.45, 7) is 2.73. The quantitative estimate of drug-likeness (QED) is 0.805. The van der Waals surface area contributed by atoms with Gasteiger partial charge in [0.1, 0.15) is 5.75 Å². The number of benzene rings is 1. The van der Waals surface area contributed by atoms with E-state index in [4.69, 9.17) is 5.11 Å². The summed E-state index contributed by atoms with van der Waals surface area (Å²) < 4.78 is 39.7. The number of halogens is 3. The first-order valence-electron chi connectivity index (χ1n) is 6.09. The van der Waals surface area contributed by atoms with Crippen molar-refractivity contribution >= 4 is 0 Å². The van der Waals surface area contributed by atoms with Crippen LogP contribution < -0.4 is 10.1 Å². The summed E-state index contributed by atoms with van der Waals surface area (Å²) in [5.41, 5.74) is 0.880. The van der Waals surface area contributed by atoms with E-state index in [0.717, 1.165) is 18.4 Å². The van der Waals surface area contributed by atoms with Crippen LogP contribution in [0.1, 0.15) is 25.3 Å². The molecule has 0 aromatic heterocycles. The Labute approximate surface area is 110 Å². The van der Waals surface area contributed by atoms with Crippen molar-refractivity contribution in [3.05, 3.63) is 29.8 Å². The van der Waals surface area contributed by atoms with E-state index in [9.17, 15) is 13.2 Å². The standard InChI is InChI=1S/C13H18F3NO2/c1-10(3-2-8-18)17-9-11-4-6-12(7-5-11)19-13(14,15)16/h4-7,10,17-18H,2-3,8-9H2,1H3.